The SMILES string of the molecule is CCOc1ccc(Br)c([C@H]2C(C(=O)OC)=C(C)Nc3nnnn32)c1. The summed E-state index contributed by atoms with van der Waals surface area (Å²) in [5.41, 5.74) is 1.88. The van der Waals surface area contributed by atoms with Crippen molar-refractivity contribution >= 4 is 27.8 Å². The van der Waals surface area contributed by atoms with Gasteiger partial charge in [-0.2, -0.15) is 4.68 Å². The molecule has 0 unspecified atom stereocenters. The second-order valence-corrected chi connectivity index (χ2v) is 5.98. The average Bonchev–Trinajstić information content (AvgIpc) is 3.03. The molecule has 9 heteroatoms. The summed E-state index contributed by atoms with van der Waals surface area (Å²) in [5.74, 6) is 0.712. The van der Waals surface area contributed by atoms with E-state index < -0.39 is 12.0 Å². The predicted molar refractivity (Wildman–Crippen MR) is 89.6 cm³/mol. The molecule has 0 fully saturated rings. The van der Waals surface area contributed by atoms with Crippen molar-refractivity contribution in [3.05, 3.63) is 39.5 Å². The van der Waals surface area contributed by atoms with Crippen LogP contribution < -0.4 is 10.1 Å². The summed E-state index contributed by atoms with van der Waals surface area (Å²) in [6.07, 6.45) is 0. The Kier molecular flexibility index (Phi) is 4.52. The summed E-state index contributed by atoms with van der Waals surface area (Å²) in [4.78, 5) is 12.4. The van der Waals surface area contributed by atoms with E-state index in [1.54, 1.807) is 11.6 Å². The number of anilines is 1. The molecule has 0 radical (unpaired) electrons. The fourth-order valence-corrected chi connectivity index (χ4v) is 3.13. The molecule has 2 aromatic rings. The van der Waals surface area contributed by atoms with E-state index in [0.29, 0.717) is 29.6 Å². The highest BCUT2D eigenvalue weighted by molar-refractivity contribution is 9.10. The molecule has 24 heavy (non-hydrogen) atoms. The van der Waals surface area contributed by atoms with Crippen LogP contribution in [-0.4, -0.2) is 39.9 Å². The lowest BCUT2D eigenvalue weighted by molar-refractivity contribution is -0.136. The lowest BCUT2D eigenvalue weighted by atomic mass is 9.95. The topological polar surface area (TPSA) is 91.2 Å². The summed E-state index contributed by atoms with van der Waals surface area (Å²) < 4.78 is 12.9. The number of nitrogens with one attached hydrogen (secondary N) is 1. The second-order valence-electron chi connectivity index (χ2n) is 5.12. The van der Waals surface area contributed by atoms with Crippen LogP contribution in [0.1, 0.15) is 25.5 Å². The molecule has 1 N–H and O–H groups in total. The third-order valence-electron chi connectivity index (χ3n) is 3.69. The number of fused-ring (bicyclic) bond motifs is 1. The number of hydrogen-bond acceptors (Lipinski definition) is 7. The molecule has 2 heterocycles. The number of methoxy groups -OCH3 is 1. The maximum Gasteiger partial charge on any atom is 0.338 e. The van der Waals surface area contributed by atoms with E-state index >= 15 is 0 Å². The van der Waals surface area contributed by atoms with Gasteiger partial charge in [0.05, 0.1) is 19.3 Å². The van der Waals surface area contributed by atoms with Crippen LogP contribution >= 0.6 is 15.9 Å². The molecule has 126 valence electrons. The van der Waals surface area contributed by atoms with Gasteiger partial charge in [-0.1, -0.05) is 21.0 Å². The van der Waals surface area contributed by atoms with Crippen LogP contribution in [0, 0.1) is 0 Å². The van der Waals surface area contributed by atoms with Crippen molar-refractivity contribution in [3.63, 3.8) is 0 Å². The first kappa shape index (κ1) is 16.4. The van der Waals surface area contributed by atoms with Crippen molar-refractivity contribution < 1.29 is 14.3 Å². The Hall–Kier alpha value is -2.42. The van der Waals surface area contributed by atoms with Gasteiger partial charge in [0, 0.05) is 10.2 Å². The molecule has 0 saturated carbocycles. The molecule has 1 aliphatic rings. The Morgan fingerprint density at radius 1 is 1.46 bits per heavy atom. The Bertz CT molecular complexity index is 817. The van der Waals surface area contributed by atoms with Gasteiger partial charge in [-0.05, 0) is 48.0 Å². The minimum absolute atomic E-state index is 0.437. The fraction of sp³-hybridized carbons (Fsp3) is 0.333. The largest absolute Gasteiger partial charge is 0.494 e. The molecule has 0 spiro atoms. The highest BCUT2D eigenvalue weighted by Crippen LogP contribution is 2.39. The van der Waals surface area contributed by atoms with Gasteiger partial charge in [0.2, 0.25) is 5.95 Å². The van der Waals surface area contributed by atoms with E-state index in [1.807, 2.05) is 25.1 Å². The Balaban J connectivity index is 2.20. The third kappa shape index (κ3) is 2.75. The molecule has 0 amide bonds. The van der Waals surface area contributed by atoms with Gasteiger partial charge in [-0.3, -0.25) is 0 Å². The van der Waals surface area contributed by atoms with E-state index in [2.05, 4.69) is 36.8 Å². The Morgan fingerprint density at radius 3 is 2.96 bits per heavy atom. The predicted octanol–water partition coefficient (Wildman–Crippen LogP) is 2.30. The number of allylic oxidation sites excluding steroid dienone is 1. The smallest absolute Gasteiger partial charge is 0.338 e. The zero-order valence-electron chi connectivity index (χ0n) is 13.4. The zero-order chi connectivity index (χ0) is 17.3. The summed E-state index contributed by atoms with van der Waals surface area (Å²) in [6, 6.07) is 5.06. The van der Waals surface area contributed by atoms with Gasteiger partial charge in [0.25, 0.3) is 0 Å². The number of aromatic nitrogens is 4. The number of benzene rings is 1. The van der Waals surface area contributed by atoms with E-state index in [-0.39, 0.29) is 0 Å². The Labute approximate surface area is 147 Å². The van der Waals surface area contributed by atoms with Crippen LogP contribution in [0.25, 0.3) is 0 Å². The number of ether oxygens (including phenoxy) is 2. The van der Waals surface area contributed by atoms with Crippen molar-refractivity contribution in [1.29, 1.82) is 0 Å². The van der Waals surface area contributed by atoms with E-state index in [4.69, 9.17) is 9.47 Å². The molecule has 1 aliphatic heterocycles. The maximum atomic E-state index is 12.4. The minimum Gasteiger partial charge on any atom is -0.494 e. The number of nitrogens with zero attached hydrogens (tertiary/aromatic N) is 4. The van der Waals surface area contributed by atoms with Crippen LogP contribution in [0.3, 0.4) is 0 Å². The number of carbonyl (C=O) groups excluding carboxylic acids is 1. The van der Waals surface area contributed by atoms with Crippen molar-refractivity contribution in [3.8, 4) is 5.75 Å². The first-order valence-corrected chi connectivity index (χ1v) is 8.12. The van der Waals surface area contributed by atoms with Crippen molar-refractivity contribution in [2.45, 2.75) is 19.9 Å². The van der Waals surface area contributed by atoms with Crippen LogP contribution in [-0.2, 0) is 9.53 Å². The monoisotopic (exact) mass is 393 g/mol. The van der Waals surface area contributed by atoms with Gasteiger partial charge < -0.3 is 14.8 Å². The lowest BCUT2D eigenvalue weighted by Gasteiger charge is -2.28. The van der Waals surface area contributed by atoms with Gasteiger partial charge in [-0.25, -0.2) is 4.79 Å². The normalized spacial score (nSPS) is 16.4. The van der Waals surface area contributed by atoms with Crippen molar-refractivity contribution in [2.24, 2.45) is 0 Å². The maximum absolute atomic E-state index is 12.4. The first-order valence-electron chi connectivity index (χ1n) is 7.33. The first-order chi connectivity index (χ1) is 11.6. The quantitative estimate of drug-likeness (QED) is 0.796. The highest BCUT2D eigenvalue weighted by Gasteiger charge is 2.35. The van der Waals surface area contributed by atoms with Crippen molar-refractivity contribution in [1.82, 2.24) is 20.2 Å². The van der Waals surface area contributed by atoms with E-state index in [0.717, 1.165) is 10.0 Å². The van der Waals surface area contributed by atoms with Gasteiger partial charge in [0.1, 0.15) is 11.8 Å². The lowest BCUT2D eigenvalue weighted by Crippen LogP contribution is -2.29. The number of carbonyl (C=O) groups is 1. The van der Waals surface area contributed by atoms with Crippen LogP contribution in [0.2, 0.25) is 0 Å². The molecule has 0 saturated heterocycles. The summed E-state index contributed by atoms with van der Waals surface area (Å²) in [7, 11) is 1.35. The molecule has 1 aromatic carbocycles. The fourth-order valence-electron chi connectivity index (χ4n) is 2.66. The average molecular weight is 394 g/mol. The molecule has 0 bridgehead atoms. The number of hydrogen-bond donors (Lipinski definition) is 1. The van der Waals surface area contributed by atoms with E-state index in [1.165, 1.54) is 7.11 Å². The molecule has 3 rings (SSSR count). The summed E-state index contributed by atoms with van der Waals surface area (Å²) in [5, 5.41) is 14.7. The molecule has 1 aromatic heterocycles. The molecular formula is C15H16BrN5O3. The summed E-state index contributed by atoms with van der Waals surface area (Å²) >= 11 is 3.54. The minimum atomic E-state index is -0.529. The number of tetrazole rings is 1. The highest BCUT2D eigenvalue weighted by atomic mass is 79.9. The Morgan fingerprint density at radius 2 is 2.25 bits per heavy atom. The van der Waals surface area contributed by atoms with Crippen LogP contribution in [0.5, 0.6) is 5.75 Å². The molecular weight excluding hydrogens is 378 g/mol. The molecule has 0 aliphatic carbocycles. The van der Waals surface area contributed by atoms with E-state index in [9.17, 15) is 4.79 Å². The standard InChI is InChI=1S/C15H16BrN5O3/c1-4-24-9-5-6-11(16)10(7-9)13-12(14(22)23-3)8(2)17-15-18-19-20-21(13)15/h5-7,13H,4H2,1-3H3,(H,17,18,20)/t13-/m0/s1. The van der Waals surface area contributed by atoms with Gasteiger partial charge >= 0.3 is 5.97 Å². The second kappa shape index (κ2) is 6.60. The van der Waals surface area contributed by atoms with Crippen LogP contribution in [0.4, 0.5) is 5.95 Å². The molecule has 1 atom stereocenters. The van der Waals surface area contributed by atoms with Gasteiger partial charge in [-0.15, -0.1) is 0 Å². The van der Waals surface area contributed by atoms with Gasteiger partial charge in [0.15, 0.2) is 0 Å². The number of rotatable bonds is 4. The number of halogens is 1. The third-order valence-corrected chi connectivity index (χ3v) is 4.41. The zero-order valence-corrected chi connectivity index (χ0v) is 15.0. The van der Waals surface area contributed by atoms with Crippen molar-refractivity contribution in [2.75, 3.05) is 19.0 Å². The molecule has 8 nitrogen and oxygen atoms in total. The summed E-state index contributed by atoms with van der Waals surface area (Å²) in [6.45, 7) is 4.25. The van der Waals surface area contributed by atoms with Crippen LogP contribution in [0.15, 0.2) is 33.9 Å². The number of esters is 1.